The van der Waals surface area contributed by atoms with Crippen LogP contribution in [0, 0.1) is 0 Å². The van der Waals surface area contributed by atoms with Crippen LogP contribution in [0.5, 0.6) is 0 Å². The van der Waals surface area contributed by atoms with Crippen molar-refractivity contribution in [2.45, 2.75) is 11.4 Å². The van der Waals surface area contributed by atoms with E-state index in [9.17, 15) is 0 Å². The maximum Gasteiger partial charge on any atom is 0.0587 e. The predicted octanol–water partition coefficient (Wildman–Crippen LogP) is 2.70. The molecule has 0 aromatic heterocycles. The molecular formula is C13H19NOS. The molecule has 16 heavy (non-hydrogen) atoms. The van der Waals surface area contributed by atoms with Crippen molar-refractivity contribution in [2.75, 3.05) is 26.0 Å². The fourth-order valence-electron chi connectivity index (χ4n) is 1.27. The molecule has 1 aromatic rings. The molecule has 2 nitrogen and oxygen atoms in total. The molecule has 0 aliphatic heterocycles. The van der Waals surface area contributed by atoms with Crippen LogP contribution in [0.25, 0.3) is 0 Å². The van der Waals surface area contributed by atoms with E-state index < -0.39 is 0 Å². The quantitative estimate of drug-likeness (QED) is 0.427. The van der Waals surface area contributed by atoms with Gasteiger partial charge in [-0.05, 0) is 17.7 Å². The summed E-state index contributed by atoms with van der Waals surface area (Å²) < 4.78 is 4.97. The molecule has 88 valence electrons. The number of rotatable bonds is 8. The lowest BCUT2D eigenvalue weighted by molar-refractivity contribution is 0.199. The monoisotopic (exact) mass is 237 g/mol. The first-order valence-corrected chi connectivity index (χ1v) is 6.37. The average molecular weight is 237 g/mol. The highest BCUT2D eigenvalue weighted by Crippen LogP contribution is 2.18. The zero-order valence-electron chi connectivity index (χ0n) is 9.74. The van der Waals surface area contributed by atoms with Crippen LogP contribution in [0.15, 0.2) is 41.8 Å². The Kier molecular flexibility index (Phi) is 6.97. The normalized spacial score (nSPS) is 10.3. The van der Waals surface area contributed by atoms with Crippen LogP contribution < -0.4 is 5.32 Å². The Morgan fingerprint density at radius 1 is 1.38 bits per heavy atom. The molecule has 3 heteroatoms. The molecule has 0 saturated carbocycles. The number of methoxy groups -OCH3 is 1. The van der Waals surface area contributed by atoms with E-state index in [1.807, 2.05) is 6.08 Å². The van der Waals surface area contributed by atoms with Crippen molar-refractivity contribution in [1.82, 2.24) is 5.32 Å². The van der Waals surface area contributed by atoms with Crippen molar-refractivity contribution in [2.24, 2.45) is 0 Å². The van der Waals surface area contributed by atoms with Crippen LogP contribution in [0.1, 0.15) is 5.56 Å². The molecule has 0 bridgehead atoms. The first-order valence-electron chi connectivity index (χ1n) is 5.39. The summed E-state index contributed by atoms with van der Waals surface area (Å²) in [7, 11) is 1.72. The Hall–Kier alpha value is -0.770. The van der Waals surface area contributed by atoms with Crippen molar-refractivity contribution >= 4 is 11.8 Å². The van der Waals surface area contributed by atoms with E-state index in [4.69, 9.17) is 4.74 Å². The lowest BCUT2D eigenvalue weighted by atomic mass is 10.2. The third-order valence-corrected chi connectivity index (χ3v) is 3.11. The summed E-state index contributed by atoms with van der Waals surface area (Å²) in [6, 6.07) is 8.62. The highest BCUT2D eigenvalue weighted by atomic mass is 32.2. The van der Waals surface area contributed by atoms with Gasteiger partial charge in [-0.25, -0.2) is 0 Å². The number of hydrogen-bond acceptors (Lipinski definition) is 3. The first kappa shape index (κ1) is 13.3. The van der Waals surface area contributed by atoms with Gasteiger partial charge in [-0.2, -0.15) is 0 Å². The van der Waals surface area contributed by atoms with Gasteiger partial charge in [-0.1, -0.05) is 18.2 Å². The lowest BCUT2D eigenvalue weighted by Gasteiger charge is -2.05. The molecule has 0 saturated heterocycles. The van der Waals surface area contributed by atoms with E-state index in [1.54, 1.807) is 18.9 Å². The Labute approximate surface area is 102 Å². The first-order chi connectivity index (χ1) is 7.86. The summed E-state index contributed by atoms with van der Waals surface area (Å²) in [5.74, 6) is 0.964. The van der Waals surface area contributed by atoms with E-state index in [0.29, 0.717) is 0 Å². The lowest BCUT2D eigenvalue weighted by Crippen LogP contribution is -2.18. The Bertz CT molecular complexity index is 297. The molecule has 1 rings (SSSR count). The van der Waals surface area contributed by atoms with Gasteiger partial charge in [0, 0.05) is 30.8 Å². The van der Waals surface area contributed by atoms with Gasteiger partial charge in [0.05, 0.1) is 6.61 Å². The van der Waals surface area contributed by atoms with Crippen LogP contribution in [0.3, 0.4) is 0 Å². The van der Waals surface area contributed by atoms with Crippen LogP contribution in [0.4, 0.5) is 0 Å². The zero-order valence-corrected chi connectivity index (χ0v) is 10.6. The van der Waals surface area contributed by atoms with Crippen molar-refractivity contribution in [3.05, 3.63) is 42.5 Å². The van der Waals surface area contributed by atoms with Gasteiger partial charge in [0.2, 0.25) is 0 Å². The van der Waals surface area contributed by atoms with Crippen molar-refractivity contribution < 1.29 is 4.74 Å². The molecule has 0 radical (unpaired) electrons. The van der Waals surface area contributed by atoms with Gasteiger partial charge in [0.25, 0.3) is 0 Å². The van der Waals surface area contributed by atoms with E-state index in [2.05, 4.69) is 36.2 Å². The van der Waals surface area contributed by atoms with Crippen molar-refractivity contribution in [3.8, 4) is 0 Å². The molecule has 0 heterocycles. The van der Waals surface area contributed by atoms with Crippen LogP contribution in [-0.4, -0.2) is 26.0 Å². The summed E-state index contributed by atoms with van der Waals surface area (Å²) >= 11 is 1.80. The number of benzene rings is 1. The number of hydrogen-bond donors (Lipinski definition) is 1. The van der Waals surface area contributed by atoms with Gasteiger partial charge < -0.3 is 10.1 Å². The maximum absolute atomic E-state index is 4.97. The molecule has 0 atom stereocenters. The molecule has 0 aliphatic rings. The van der Waals surface area contributed by atoms with E-state index >= 15 is 0 Å². The fourth-order valence-corrected chi connectivity index (χ4v) is 1.90. The highest BCUT2D eigenvalue weighted by molar-refractivity contribution is 7.99. The molecule has 0 fully saturated rings. The van der Waals surface area contributed by atoms with Gasteiger partial charge in [0.15, 0.2) is 0 Å². The molecule has 0 spiro atoms. The number of ether oxygens (including phenoxy) is 1. The minimum Gasteiger partial charge on any atom is -0.383 e. The van der Waals surface area contributed by atoms with Gasteiger partial charge in [-0.3, -0.25) is 0 Å². The van der Waals surface area contributed by atoms with Crippen LogP contribution in [-0.2, 0) is 11.3 Å². The van der Waals surface area contributed by atoms with E-state index in [1.165, 1.54) is 10.5 Å². The average Bonchev–Trinajstić information content (AvgIpc) is 2.33. The standard InChI is InChI=1S/C13H19NOS/c1-3-10-16-13-6-4-12(5-7-13)11-14-8-9-15-2/h3-7,14H,1,8-11H2,2H3. The highest BCUT2D eigenvalue weighted by Gasteiger charge is 1.94. The molecule has 0 aliphatic carbocycles. The molecule has 1 aromatic carbocycles. The SMILES string of the molecule is C=CCSc1ccc(CNCCOC)cc1. The second-order valence-electron chi connectivity index (χ2n) is 3.41. The van der Waals surface area contributed by atoms with Crippen molar-refractivity contribution in [3.63, 3.8) is 0 Å². The molecule has 1 N–H and O–H groups in total. The number of thioether (sulfide) groups is 1. The van der Waals surface area contributed by atoms with Crippen LogP contribution in [0.2, 0.25) is 0 Å². The Morgan fingerprint density at radius 2 is 2.12 bits per heavy atom. The minimum atomic E-state index is 0.757. The second-order valence-corrected chi connectivity index (χ2v) is 4.51. The Morgan fingerprint density at radius 3 is 2.75 bits per heavy atom. The van der Waals surface area contributed by atoms with Gasteiger partial charge >= 0.3 is 0 Å². The van der Waals surface area contributed by atoms with Gasteiger partial charge in [-0.15, -0.1) is 18.3 Å². The third kappa shape index (κ3) is 5.35. The minimum absolute atomic E-state index is 0.757. The van der Waals surface area contributed by atoms with E-state index in [-0.39, 0.29) is 0 Å². The molecular weight excluding hydrogens is 218 g/mol. The van der Waals surface area contributed by atoms with Gasteiger partial charge in [0.1, 0.15) is 0 Å². The van der Waals surface area contributed by atoms with E-state index in [0.717, 1.165) is 25.4 Å². The third-order valence-electron chi connectivity index (χ3n) is 2.10. The topological polar surface area (TPSA) is 21.3 Å². The predicted molar refractivity (Wildman–Crippen MR) is 70.9 cm³/mol. The second kappa shape index (κ2) is 8.39. The summed E-state index contributed by atoms with van der Waals surface area (Å²) in [5.41, 5.74) is 1.30. The van der Waals surface area contributed by atoms with Crippen LogP contribution >= 0.6 is 11.8 Å². The fraction of sp³-hybridized carbons (Fsp3) is 0.385. The smallest absolute Gasteiger partial charge is 0.0587 e. The largest absolute Gasteiger partial charge is 0.383 e. The maximum atomic E-state index is 4.97. The summed E-state index contributed by atoms with van der Waals surface area (Å²) in [6.07, 6.45) is 1.92. The summed E-state index contributed by atoms with van der Waals surface area (Å²) in [6.45, 7) is 6.26. The molecule has 0 amide bonds. The zero-order chi connectivity index (χ0) is 11.6. The molecule has 0 unspecified atom stereocenters. The summed E-state index contributed by atoms with van der Waals surface area (Å²) in [5, 5.41) is 3.32. The van der Waals surface area contributed by atoms with Crippen molar-refractivity contribution in [1.29, 1.82) is 0 Å². The number of nitrogens with one attached hydrogen (secondary N) is 1. The summed E-state index contributed by atoms with van der Waals surface area (Å²) in [4.78, 5) is 1.29. The Balaban J connectivity index is 2.30.